The van der Waals surface area contributed by atoms with E-state index in [0.29, 0.717) is 11.3 Å². The lowest BCUT2D eigenvalue weighted by Crippen LogP contribution is -2.03. The molecule has 90 valence electrons. The van der Waals surface area contributed by atoms with Gasteiger partial charge in [0.15, 0.2) is 11.5 Å². The van der Waals surface area contributed by atoms with Crippen molar-refractivity contribution in [2.45, 2.75) is 6.92 Å². The second-order valence-corrected chi connectivity index (χ2v) is 3.11. The van der Waals surface area contributed by atoms with Gasteiger partial charge in [-0.2, -0.15) is 0 Å². The molecule has 0 bridgehead atoms. The van der Waals surface area contributed by atoms with Gasteiger partial charge in [-0.05, 0) is 17.7 Å². The van der Waals surface area contributed by atoms with Crippen LogP contribution in [0.15, 0.2) is 24.4 Å². The van der Waals surface area contributed by atoms with E-state index in [1.54, 1.807) is 12.1 Å². The standard InChI is InChI=1S/C11H11NO5/c1-8(13)17-11-7-9(5-6-12(14)15)3-4-10(11)16-2/h3-7H,1-2H3. The fourth-order valence-corrected chi connectivity index (χ4v) is 1.18. The highest BCUT2D eigenvalue weighted by atomic mass is 16.6. The normalized spacial score (nSPS) is 10.2. The summed E-state index contributed by atoms with van der Waals surface area (Å²) in [6.45, 7) is 1.26. The number of carbonyl (C=O) groups is 1. The van der Waals surface area contributed by atoms with Crippen molar-refractivity contribution < 1.29 is 19.2 Å². The summed E-state index contributed by atoms with van der Waals surface area (Å²) in [7, 11) is 1.44. The van der Waals surface area contributed by atoms with E-state index in [-0.39, 0.29) is 5.75 Å². The predicted octanol–water partition coefficient (Wildman–Crippen LogP) is 1.87. The molecule has 0 heterocycles. The van der Waals surface area contributed by atoms with Crippen LogP contribution in [0.3, 0.4) is 0 Å². The van der Waals surface area contributed by atoms with Gasteiger partial charge in [0.25, 0.3) is 0 Å². The molecule has 0 saturated heterocycles. The number of hydrogen-bond acceptors (Lipinski definition) is 5. The number of benzene rings is 1. The van der Waals surface area contributed by atoms with E-state index in [2.05, 4.69) is 0 Å². The minimum Gasteiger partial charge on any atom is -0.493 e. The van der Waals surface area contributed by atoms with Crippen LogP contribution in [0.1, 0.15) is 12.5 Å². The molecule has 1 aromatic rings. The first-order valence-corrected chi connectivity index (χ1v) is 4.71. The van der Waals surface area contributed by atoms with Crippen LogP contribution in [-0.4, -0.2) is 18.0 Å². The highest BCUT2D eigenvalue weighted by Crippen LogP contribution is 2.28. The van der Waals surface area contributed by atoms with Crippen LogP contribution in [0.5, 0.6) is 11.5 Å². The molecule has 0 saturated carbocycles. The Bertz CT molecular complexity index is 467. The lowest BCUT2D eigenvalue weighted by Gasteiger charge is -2.08. The Hall–Kier alpha value is -2.37. The fraction of sp³-hybridized carbons (Fsp3) is 0.182. The van der Waals surface area contributed by atoms with Crippen molar-refractivity contribution in [1.29, 1.82) is 0 Å². The van der Waals surface area contributed by atoms with Crippen molar-refractivity contribution >= 4 is 12.0 Å². The van der Waals surface area contributed by atoms with Crippen LogP contribution < -0.4 is 9.47 Å². The molecule has 0 aliphatic carbocycles. The highest BCUT2D eigenvalue weighted by molar-refractivity contribution is 5.71. The van der Waals surface area contributed by atoms with Crippen LogP contribution in [-0.2, 0) is 4.79 Å². The molecule has 1 aromatic carbocycles. The number of nitro groups is 1. The van der Waals surface area contributed by atoms with Gasteiger partial charge >= 0.3 is 5.97 Å². The third-order valence-electron chi connectivity index (χ3n) is 1.83. The van der Waals surface area contributed by atoms with Crippen LogP contribution in [0.4, 0.5) is 0 Å². The number of rotatable bonds is 4. The van der Waals surface area contributed by atoms with E-state index >= 15 is 0 Å². The Labute approximate surface area is 97.6 Å². The number of ether oxygens (including phenoxy) is 2. The predicted molar refractivity (Wildman–Crippen MR) is 60.3 cm³/mol. The van der Waals surface area contributed by atoms with Gasteiger partial charge < -0.3 is 9.47 Å². The lowest BCUT2D eigenvalue weighted by molar-refractivity contribution is -0.400. The second-order valence-electron chi connectivity index (χ2n) is 3.11. The number of nitrogens with zero attached hydrogens (tertiary/aromatic N) is 1. The first kappa shape index (κ1) is 12.7. The summed E-state index contributed by atoms with van der Waals surface area (Å²) in [5.41, 5.74) is 0.541. The molecule has 6 nitrogen and oxygen atoms in total. The summed E-state index contributed by atoms with van der Waals surface area (Å²) in [4.78, 5) is 20.4. The maximum absolute atomic E-state index is 10.9. The van der Waals surface area contributed by atoms with Crippen molar-refractivity contribution in [3.8, 4) is 11.5 Å². The van der Waals surface area contributed by atoms with Gasteiger partial charge in [0.05, 0.1) is 12.0 Å². The number of esters is 1. The SMILES string of the molecule is COc1ccc(C=C[N+](=O)[O-])cc1OC(C)=O. The van der Waals surface area contributed by atoms with Crippen molar-refractivity contribution in [2.24, 2.45) is 0 Å². The van der Waals surface area contributed by atoms with Gasteiger partial charge in [-0.25, -0.2) is 0 Å². The Kier molecular flexibility index (Phi) is 4.21. The van der Waals surface area contributed by atoms with Crippen molar-refractivity contribution in [3.05, 3.63) is 40.1 Å². The van der Waals surface area contributed by atoms with E-state index < -0.39 is 10.9 Å². The summed E-state index contributed by atoms with van der Waals surface area (Å²) in [6.07, 6.45) is 2.10. The summed E-state index contributed by atoms with van der Waals surface area (Å²) < 4.78 is 9.91. The number of hydrogen-bond donors (Lipinski definition) is 0. The van der Waals surface area contributed by atoms with E-state index in [4.69, 9.17) is 9.47 Å². The minimum absolute atomic E-state index is 0.227. The zero-order chi connectivity index (χ0) is 12.8. The second kappa shape index (κ2) is 5.64. The molecule has 0 atom stereocenters. The van der Waals surface area contributed by atoms with Crippen molar-refractivity contribution in [2.75, 3.05) is 7.11 Å². The van der Waals surface area contributed by atoms with Crippen LogP contribution in [0, 0.1) is 10.1 Å². The zero-order valence-electron chi connectivity index (χ0n) is 9.38. The maximum Gasteiger partial charge on any atom is 0.308 e. The van der Waals surface area contributed by atoms with Crippen LogP contribution in [0.2, 0.25) is 0 Å². The number of methoxy groups -OCH3 is 1. The topological polar surface area (TPSA) is 78.7 Å². The third kappa shape index (κ3) is 3.94. The van der Waals surface area contributed by atoms with E-state index in [9.17, 15) is 14.9 Å². The zero-order valence-corrected chi connectivity index (χ0v) is 9.38. The van der Waals surface area contributed by atoms with E-state index in [1.807, 2.05) is 0 Å². The Morgan fingerprint density at radius 3 is 2.65 bits per heavy atom. The molecule has 0 aliphatic heterocycles. The van der Waals surface area contributed by atoms with Crippen molar-refractivity contribution in [3.63, 3.8) is 0 Å². The molecule has 0 amide bonds. The molecule has 0 spiro atoms. The lowest BCUT2D eigenvalue weighted by atomic mass is 10.2. The van der Waals surface area contributed by atoms with Crippen LogP contribution >= 0.6 is 0 Å². The Morgan fingerprint density at radius 1 is 1.41 bits per heavy atom. The summed E-state index contributed by atoms with van der Waals surface area (Å²) >= 11 is 0. The average molecular weight is 237 g/mol. The molecular formula is C11H11NO5. The molecule has 6 heteroatoms. The first-order chi connectivity index (χ1) is 8.02. The summed E-state index contributed by atoms with van der Waals surface area (Å²) in [5.74, 6) is 0.127. The monoisotopic (exact) mass is 237 g/mol. The van der Waals surface area contributed by atoms with E-state index in [0.717, 1.165) is 6.20 Å². The van der Waals surface area contributed by atoms with Gasteiger partial charge in [0.2, 0.25) is 6.20 Å². The van der Waals surface area contributed by atoms with Crippen LogP contribution in [0.25, 0.3) is 6.08 Å². The fourth-order valence-electron chi connectivity index (χ4n) is 1.18. The molecule has 0 aliphatic rings. The molecule has 17 heavy (non-hydrogen) atoms. The Morgan fingerprint density at radius 2 is 2.12 bits per heavy atom. The Balaban J connectivity index is 3.03. The molecule has 0 fully saturated rings. The number of carbonyl (C=O) groups excluding carboxylic acids is 1. The molecular weight excluding hydrogens is 226 g/mol. The first-order valence-electron chi connectivity index (χ1n) is 4.71. The van der Waals surface area contributed by atoms with Gasteiger partial charge in [0.1, 0.15) is 0 Å². The van der Waals surface area contributed by atoms with Crippen molar-refractivity contribution in [1.82, 2.24) is 0 Å². The van der Waals surface area contributed by atoms with E-state index in [1.165, 1.54) is 26.2 Å². The minimum atomic E-state index is -0.574. The summed E-state index contributed by atoms with van der Waals surface area (Å²) in [5, 5.41) is 10.2. The summed E-state index contributed by atoms with van der Waals surface area (Å²) in [6, 6.07) is 4.67. The van der Waals surface area contributed by atoms with Gasteiger partial charge in [-0.1, -0.05) is 6.07 Å². The molecule has 1 rings (SSSR count). The van der Waals surface area contributed by atoms with Gasteiger partial charge in [-0.3, -0.25) is 14.9 Å². The van der Waals surface area contributed by atoms with Gasteiger partial charge in [0, 0.05) is 13.0 Å². The molecule has 0 aromatic heterocycles. The average Bonchev–Trinajstić information content (AvgIpc) is 2.25. The third-order valence-corrected chi connectivity index (χ3v) is 1.83. The molecule has 0 unspecified atom stereocenters. The molecule has 0 radical (unpaired) electrons. The highest BCUT2D eigenvalue weighted by Gasteiger charge is 2.07. The molecule has 0 N–H and O–H groups in total. The largest absolute Gasteiger partial charge is 0.493 e. The quantitative estimate of drug-likeness (QED) is 0.345. The van der Waals surface area contributed by atoms with Gasteiger partial charge in [-0.15, -0.1) is 0 Å². The smallest absolute Gasteiger partial charge is 0.308 e. The maximum atomic E-state index is 10.9.